The first-order valence-corrected chi connectivity index (χ1v) is 9.19. The van der Waals surface area contributed by atoms with Crippen molar-refractivity contribution < 1.29 is 4.79 Å². The normalized spacial score (nSPS) is 30.0. The van der Waals surface area contributed by atoms with Crippen LogP contribution < -0.4 is 5.73 Å². The Balaban J connectivity index is 0.00000208. The minimum absolute atomic E-state index is 0. The zero-order valence-electron chi connectivity index (χ0n) is 14.9. The number of nitrogens with two attached hydrogens (primary N) is 1. The first kappa shape index (κ1) is 19.3. The molecular weight excluding hydrogens is 320 g/mol. The van der Waals surface area contributed by atoms with E-state index in [1.807, 2.05) is 0 Å². The molecule has 134 valence electrons. The Morgan fingerprint density at radius 2 is 1.88 bits per heavy atom. The van der Waals surface area contributed by atoms with Crippen molar-refractivity contribution in [3.05, 3.63) is 35.4 Å². The van der Waals surface area contributed by atoms with Crippen LogP contribution >= 0.6 is 12.4 Å². The summed E-state index contributed by atoms with van der Waals surface area (Å²) in [6, 6.07) is 8.97. The quantitative estimate of drug-likeness (QED) is 0.892. The van der Waals surface area contributed by atoms with Gasteiger partial charge in [0.2, 0.25) is 5.91 Å². The van der Waals surface area contributed by atoms with Gasteiger partial charge in [0.15, 0.2) is 0 Å². The minimum atomic E-state index is 0. The number of rotatable bonds is 3. The molecule has 1 heterocycles. The molecule has 0 bridgehead atoms. The van der Waals surface area contributed by atoms with Gasteiger partial charge < -0.3 is 10.6 Å². The molecule has 2 fully saturated rings. The number of amides is 1. The molecule has 4 heteroatoms. The molecule has 4 atom stereocenters. The molecule has 3 rings (SSSR count). The summed E-state index contributed by atoms with van der Waals surface area (Å²) in [6.45, 7) is 5.95. The summed E-state index contributed by atoms with van der Waals surface area (Å²) in [7, 11) is 0. The van der Waals surface area contributed by atoms with Crippen molar-refractivity contribution in [3.8, 4) is 0 Å². The SMILES string of the molecule is Cc1ccc(C2C(C)CCCN2C(=O)[C@@H]2CCC[C@@H]2CN)cc1.Cl. The van der Waals surface area contributed by atoms with E-state index in [9.17, 15) is 4.79 Å². The third-order valence-electron chi connectivity index (χ3n) is 5.91. The monoisotopic (exact) mass is 350 g/mol. The van der Waals surface area contributed by atoms with Gasteiger partial charge in [-0.05, 0) is 56.6 Å². The number of benzene rings is 1. The van der Waals surface area contributed by atoms with Gasteiger partial charge in [-0.3, -0.25) is 4.79 Å². The highest BCUT2D eigenvalue weighted by molar-refractivity contribution is 5.85. The number of nitrogens with zero attached hydrogens (tertiary/aromatic N) is 1. The van der Waals surface area contributed by atoms with Crippen molar-refractivity contribution in [1.29, 1.82) is 0 Å². The van der Waals surface area contributed by atoms with Crippen molar-refractivity contribution in [1.82, 2.24) is 4.90 Å². The van der Waals surface area contributed by atoms with Gasteiger partial charge >= 0.3 is 0 Å². The van der Waals surface area contributed by atoms with Crippen LogP contribution in [0.5, 0.6) is 0 Å². The van der Waals surface area contributed by atoms with Crippen molar-refractivity contribution in [3.63, 3.8) is 0 Å². The summed E-state index contributed by atoms with van der Waals surface area (Å²) in [6.07, 6.45) is 5.61. The molecule has 1 amide bonds. The molecule has 3 nitrogen and oxygen atoms in total. The van der Waals surface area contributed by atoms with E-state index in [0.717, 1.165) is 32.2 Å². The van der Waals surface area contributed by atoms with Crippen molar-refractivity contribution in [2.45, 2.75) is 52.0 Å². The van der Waals surface area contributed by atoms with E-state index in [-0.39, 0.29) is 24.4 Å². The summed E-state index contributed by atoms with van der Waals surface area (Å²) < 4.78 is 0. The molecule has 1 saturated carbocycles. The highest BCUT2D eigenvalue weighted by Crippen LogP contribution is 2.40. The molecule has 0 spiro atoms. The lowest BCUT2D eigenvalue weighted by atomic mass is 9.84. The van der Waals surface area contributed by atoms with E-state index in [2.05, 4.69) is 43.0 Å². The van der Waals surface area contributed by atoms with Crippen molar-refractivity contribution in [2.75, 3.05) is 13.1 Å². The smallest absolute Gasteiger partial charge is 0.226 e. The Bertz CT molecular complexity index is 545. The van der Waals surface area contributed by atoms with E-state index in [0.29, 0.717) is 24.3 Å². The second kappa shape index (κ2) is 8.35. The summed E-state index contributed by atoms with van der Waals surface area (Å²) >= 11 is 0. The van der Waals surface area contributed by atoms with Gasteiger partial charge in [-0.25, -0.2) is 0 Å². The van der Waals surface area contributed by atoms with E-state index in [1.54, 1.807) is 0 Å². The maximum atomic E-state index is 13.2. The Morgan fingerprint density at radius 3 is 2.54 bits per heavy atom. The predicted molar refractivity (Wildman–Crippen MR) is 101 cm³/mol. The Hall–Kier alpha value is -1.06. The molecular formula is C20H31ClN2O. The Morgan fingerprint density at radius 1 is 1.17 bits per heavy atom. The van der Waals surface area contributed by atoms with Crippen LogP contribution in [0.15, 0.2) is 24.3 Å². The average Bonchev–Trinajstić information content (AvgIpc) is 3.03. The van der Waals surface area contributed by atoms with Crippen molar-refractivity contribution in [2.24, 2.45) is 23.5 Å². The first-order chi connectivity index (χ1) is 11.1. The topological polar surface area (TPSA) is 46.3 Å². The number of carbonyl (C=O) groups is 1. The maximum absolute atomic E-state index is 13.2. The number of piperidine rings is 1. The van der Waals surface area contributed by atoms with Crippen molar-refractivity contribution >= 4 is 18.3 Å². The molecule has 0 radical (unpaired) electrons. The van der Waals surface area contributed by atoms with Crippen LogP contribution in [0.1, 0.15) is 56.2 Å². The summed E-state index contributed by atoms with van der Waals surface area (Å²) in [4.78, 5) is 15.4. The average molecular weight is 351 g/mol. The lowest BCUT2D eigenvalue weighted by Crippen LogP contribution is -2.46. The minimum Gasteiger partial charge on any atom is -0.335 e. The van der Waals surface area contributed by atoms with Gasteiger partial charge in [0.1, 0.15) is 0 Å². The zero-order chi connectivity index (χ0) is 16.4. The molecule has 1 aromatic carbocycles. The van der Waals surface area contributed by atoms with E-state index >= 15 is 0 Å². The predicted octanol–water partition coefficient (Wildman–Crippen LogP) is 4.09. The molecule has 0 aromatic heterocycles. The molecule has 1 saturated heterocycles. The van der Waals surface area contributed by atoms with Gasteiger partial charge in [-0.1, -0.05) is 43.2 Å². The summed E-state index contributed by atoms with van der Waals surface area (Å²) in [5.41, 5.74) is 8.47. The number of hydrogen-bond acceptors (Lipinski definition) is 2. The highest BCUT2D eigenvalue weighted by Gasteiger charge is 2.40. The molecule has 1 aromatic rings. The van der Waals surface area contributed by atoms with Crippen LogP contribution in [0.25, 0.3) is 0 Å². The molecule has 24 heavy (non-hydrogen) atoms. The fraction of sp³-hybridized carbons (Fsp3) is 0.650. The lowest BCUT2D eigenvalue weighted by molar-refractivity contribution is -0.142. The molecule has 1 aliphatic heterocycles. The van der Waals surface area contributed by atoms with Crippen LogP contribution in [-0.2, 0) is 4.79 Å². The number of halogens is 1. The maximum Gasteiger partial charge on any atom is 0.226 e. The van der Waals surface area contributed by atoms with Crippen LogP contribution in [0.2, 0.25) is 0 Å². The molecule has 2 N–H and O–H groups in total. The number of carbonyl (C=O) groups excluding carboxylic acids is 1. The van der Waals surface area contributed by atoms with Crippen LogP contribution in [0.3, 0.4) is 0 Å². The van der Waals surface area contributed by atoms with E-state index < -0.39 is 0 Å². The third kappa shape index (κ3) is 3.78. The van der Waals surface area contributed by atoms with Crippen LogP contribution in [0, 0.1) is 24.7 Å². The molecule has 2 aliphatic rings. The van der Waals surface area contributed by atoms with E-state index in [4.69, 9.17) is 5.73 Å². The van der Waals surface area contributed by atoms with Gasteiger partial charge in [0, 0.05) is 12.5 Å². The zero-order valence-corrected chi connectivity index (χ0v) is 15.7. The van der Waals surface area contributed by atoms with Gasteiger partial charge in [0.05, 0.1) is 6.04 Å². The molecule has 2 unspecified atom stereocenters. The van der Waals surface area contributed by atoms with Gasteiger partial charge in [0.25, 0.3) is 0 Å². The van der Waals surface area contributed by atoms with Gasteiger partial charge in [-0.15, -0.1) is 12.4 Å². The van der Waals surface area contributed by atoms with Crippen LogP contribution in [-0.4, -0.2) is 23.9 Å². The Kier molecular flexibility index (Phi) is 6.70. The van der Waals surface area contributed by atoms with E-state index in [1.165, 1.54) is 17.5 Å². The number of likely N-dealkylation sites (tertiary alicyclic amines) is 1. The fourth-order valence-electron chi connectivity index (χ4n) is 4.56. The van der Waals surface area contributed by atoms with Gasteiger partial charge in [-0.2, -0.15) is 0 Å². The first-order valence-electron chi connectivity index (χ1n) is 9.19. The third-order valence-corrected chi connectivity index (χ3v) is 5.91. The number of aryl methyl sites for hydroxylation is 1. The van der Waals surface area contributed by atoms with Crippen LogP contribution in [0.4, 0.5) is 0 Å². The molecule has 1 aliphatic carbocycles. The Labute approximate surface area is 152 Å². The summed E-state index contributed by atoms with van der Waals surface area (Å²) in [5.74, 6) is 1.42. The highest BCUT2D eigenvalue weighted by atomic mass is 35.5. The second-order valence-corrected chi connectivity index (χ2v) is 7.54. The number of hydrogen-bond donors (Lipinski definition) is 1. The fourth-order valence-corrected chi connectivity index (χ4v) is 4.56. The largest absolute Gasteiger partial charge is 0.335 e. The lowest BCUT2D eigenvalue weighted by Gasteiger charge is -2.42. The summed E-state index contributed by atoms with van der Waals surface area (Å²) in [5, 5.41) is 0. The standard InChI is InChI=1S/C20H30N2O.ClH/c1-14-8-10-16(11-9-14)19-15(2)5-4-12-22(19)20(23)18-7-3-6-17(18)13-21;/h8-11,15,17-19H,3-7,12-13,21H2,1-2H3;1H/t15?,17-,18-,19?;/m1./s1. The second-order valence-electron chi connectivity index (χ2n) is 7.54.